The van der Waals surface area contributed by atoms with Gasteiger partial charge >= 0.3 is 0 Å². The lowest BCUT2D eigenvalue weighted by Crippen LogP contribution is -2.35. The summed E-state index contributed by atoms with van der Waals surface area (Å²) in [6.07, 6.45) is 2.87. The van der Waals surface area contributed by atoms with Crippen LogP contribution in [0.1, 0.15) is 11.1 Å². The van der Waals surface area contributed by atoms with Crippen LogP contribution in [0.25, 0.3) is 0 Å². The lowest BCUT2D eigenvalue weighted by Gasteiger charge is -2.28. The summed E-state index contributed by atoms with van der Waals surface area (Å²) in [4.78, 5) is 3.16. The van der Waals surface area contributed by atoms with Gasteiger partial charge in [-0.2, -0.15) is 12.6 Å². The van der Waals surface area contributed by atoms with Crippen LogP contribution >= 0.6 is 35.1 Å². The van der Waals surface area contributed by atoms with Crippen LogP contribution in [0.5, 0.6) is 0 Å². The van der Waals surface area contributed by atoms with Crippen LogP contribution in [-0.4, -0.2) is 29.6 Å². The minimum Gasteiger partial charge on any atom is -0.381 e. The lowest BCUT2D eigenvalue weighted by molar-refractivity contribution is 0.290. The fraction of sp³-hybridized carbons (Fsp3) is 0.357. The Morgan fingerprint density at radius 3 is 2.85 bits per heavy atom. The van der Waals surface area contributed by atoms with Crippen molar-refractivity contribution >= 4 is 40.8 Å². The summed E-state index contributed by atoms with van der Waals surface area (Å²) in [5.41, 5.74) is 3.41. The zero-order valence-corrected chi connectivity index (χ0v) is 13.8. The number of benzene rings is 1. The van der Waals surface area contributed by atoms with Crippen molar-refractivity contribution in [1.29, 1.82) is 5.41 Å². The third-order valence-electron chi connectivity index (χ3n) is 3.31. The van der Waals surface area contributed by atoms with E-state index in [0.717, 1.165) is 24.4 Å². The second kappa shape index (κ2) is 8.02. The number of nitrogens with one attached hydrogen (secondary N) is 2. The molecule has 3 nitrogen and oxygen atoms in total. The highest BCUT2D eigenvalue weighted by Gasteiger charge is 2.17. The molecule has 1 aliphatic rings. The van der Waals surface area contributed by atoms with E-state index in [9.17, 15) is 0 Å². The van der Waals surface area contributed by atoms with Gasteiger partial charge in [0.25, 0.3) is 0 Å². The molecule has 2 N–H and O–H groups in total. The smallest absolute Gasteiger partial charge is 0.0613 e. The van der Waals surface area contributed by atoms with E-state index < -0.39 is 0 Å². The van der Waals surface area contributed by atoms with Gasteiger partial charge in [-0.25, -0.2) is 0 Å². The number of hydrogen-bond donors (Lipinski definition) is 4. The molecule has 0 aromatic heterocycles. The molecule has 1 aromatic carbocycles. The van der Waals surface area contributed by atoms with Crippen molar-refractivity contribution in [3.8, 4) is 0 Å². The number of nitrogens with zero attached hydrogens (tertiary/aromatic N) is 1. The first-order chi connectivity index (χ1) is 9.74. The van der Waals surface area contributed by atoms with E-state index in [1.54, 1.807) is 0 Å². The topological polar surface area (TPSA) is 39.1 Å². The SMILES string of the molecule is N=C(CN1CCc2ccccc2C1)/C(=C\NCS)SS. The summed E-state index contributed by atoms with van der Waals surface area (Å²) in [5, 5.41) is 11.2. The van der Waals surface area contributed by atoms with Gasteiger partial charge in [0.15, 0.2) is 0 Å². The van der Waals surface area contributed by atoms with Crippen LogP contribution < -0.4 is 5.32 Å². The Balaban J connectivity index is 1.96. The van der Waals surface area contributed by atoms with E-state index in [-0.39, 0.29) is 0 Å². The van der Waals surface area contributed by atoms with E-state index in [1.807, 2.05) is 6.20 Å². The van der Waals surface area contributed by atoms with E-state index in [0.29, 0.717) is 18.1 Å². The van der Waals surface area contributed by atoms with E-state index in [1.165, 1.54) is 21.9 Å². The summed E-state index contributed by atoms with van der Waals surface area (Å²) < 4.78 is 0. The van der Waals surface area contributed by atoms with Gasteiger partial charge in [-0.3, -0.25) is 4.90 Å². The average Bonchev–Trinajstić information content (AvgIpc) is 2.48. The summed E-state index contributed by atoms with van der Waals surface area (Å²) in [5.74, 6) is 0.558. The Morgan fingerprint density at radius 2 is 2.15 bits per heavy atom. The molecule has 0 saturated heterocycles. The summed E-state index contributed by atoms with van der Waals surface area (Å²) >= 11 is 8.31. The van der Waals surface area contributed by atoms with Crippen LogP contribution in [0.2, 0.25) is 0 Å². The molecule has 0 unspecified atom stereocenters. The molecule has 2 rings (SSSR count). The third-order valence-corrected chi connectivity index (χ3v) is 4.65. The second-order valence-electron chi connectivity index (χ2n) is 4.67. The predicted octanol–water partition coefficient (Wildman–Crippen LogP) is 2.96. The van der Waals surface area contributed by atoms with E-state index >= 15 is 0 Å². The minimum atomic E-state index is 0.558. The van der Waals surface area contributed by atoms with Crippen molar-refractivity contribution < 1.29 is 0 Å². The summed E-state index contributed by atoms with van der Waals surface area (Å²) in [7, 11) is 1.30. The second-order valence-corrected chi connectivity index (χ2v) is 6.16. The minimum absolute atomic E-state index is 0.558. The highest BCUT2D eigenvalue weighted by atomic mass is 33.1. The molecule has 20 heavy (non-hydrogen) atoms. The van der Waals surface area contributed by atoms with Crippen LogP contribution in [-0.2, 0) is 13.0 Å². The molecule has 0 amide bonds. The van der Waals surface area contributed by atoms with Gasteiger partial charge in [0, 0.05) is 25.8 Å². The first-order valence-corrected chi connectivity index (χ1v) is 8.97. The Kier molecular flexibility index (Phi) is 6.35. The number of fused-ring (bicyclic) bond motifs is 1. The monoisotopic (exact) mass is 325 g/mol. The number of hydrogen-bond acceptors (Lipinski definition) is 6. The molecule has 0 atom stereocenters. The Hall–Kier alpha value is -0.560. The van der Waals surface area contributed by atoms with E-state index in [2.05, 4.69) is 58.8 Å². The van der Waals surface area contributed by atoms with Crippen LogP contribution in [0.15, 0.2) is 35.4 Å². The quantitative estimate of drug-likeness (QED) is 0.281. The molecular weight excluding hydrogens is 306 g/mol. The predicted molar refractivity (Wildman–Crippen MR) is 94.8 cm³/mol. The Morgan fingerprint density at radius 1 is 1.40 bits per heavy atom. The molecule has 1 heterocycles. The normalized spacial score (nSPS) is 15.8. The molecule has 0 radical (unpaired) electrons. The van der Waals surface area contributed by atoms with Crippen LogP contribution in [0, 0.1) is 5.41 Å². The number of rotatable bonds is 6. The molecule has 1 aromatic rings. The van der Waals surface area contributed by atoms with Gasteiger partial charge in [0.2, 0.25) is 0 Å². The van der Waals surface area contributed by atoms with Crippen molar-refractivity contribution in [2.45, 2.75) is 13.0 Å². The molecule has 0 fully saturated rings. The van der Waals surface area contributed by atoms with Crippen LogP contribution in [0.4, 0.5) is 0 Å². The highest BCUT2D eigenvalue weighted by molar-refractivity contribution is 8.70. The van der Waals surface area contributed by atoms with Gasteiger partial charge in [0.1, 0.15) is 0 Å². The van der Waals surface area contributed by atoms with Crippen molar-refractivity contribution in [2.24, 2.45) is 0 Å². The largest absolute Gasteiger partial charge is 0.381 e. The highest BCUT2D eigenvalue weighted by Crippen LogP contribution is 2.22. The third kappa shape index (κ3) is 4.22. The van der Waals surface area contributed by atoms with Gasteiger partial charge in [-0.05, 0) is 17.5 Å². The first kappa shape index (κ1) is 15.8. The van der Waals surface area contributed by atoms with E-state index in [4.69, 9.17) is 5.41 Å². The maximum Gasteiger partial charge on any atom is 0.0613 e. The fourth-order valence-electron chi connectivity index (χ4n) is 2.30. The Labute approximate surface area is 134 Å². The molecule has 0 aliphatic carbocycles. The zero-order valence-electron chi connectivity index (χ0n) is 11.2. The first-order valence-electron chi connectivity index (χ1n) is 6.47. The van der Waals surface area contributed by atoms with Gasteiger partial charge in [-0.15, -0.1) is 11.7 Å². The summed E-state index contributed by atoms with van der Waals surface area (Å²) in [6.45, 7) is 2.58. The van der Waals surface area contributed by atoms with Crippen molar-refractivity contribution in [2.75, 3.05) is 19.0 Å². The van der Waals surface area contributed by atoms with Crippen molar-refractivity contribution in [3.05, 3.63) is 46.5 Å². The number of thiol groups is 2. The molecule has 0 spiro atoms. The molecule has 1 aliphatic heterocycles. The van der Waals surface area contributed by atoms with Gasteiger partial charge in [0.05, 0.1) is 16.5 Å². The average molecular weight is 326 g/mol. The lowest BCUT2D eigenvalue weighted by atomic mass is 10.00. The van der Waals surface area contributed by atoms with Crippen LogP contribution in [0.3, 0.4) is 0 Å². The molecule has 0 saturated carbocycles. The van der Waals surface area contributed by atoms with Crippen molar-refractivity contribution in [1.82, 2.24) is 10.2 Å². The molecule has 0 bridgehead atoms. The molecule has 108 valence electrons. The molecular formula is C14H19N3S3. The zero-order chi connectivity index (χ0) is 14.4. The van der Waals surface area contributed by atoms with Crippen molar-refractivity contribution in [3.63, 3.8) is 0 Å². The standard InChI is InChI=1S/C14H19N3S3/c15-13(14(20-19)7-16-10-18)9-17-6-5-11-3-1-2-4-12(11)8-17/h1-4,7,15-16,18-19H,5-6,8-10H2/b14-7+,15-13?. The van der Waals surface area contributed by atoms with Gasteiger partial charge < -0.3 is 10.7 Å². The summed E-state index contributed by atoms with van der Waals surface area (Å²) in [6, 6.07) is 8.55. The fourth-order valence-corrected chi connectivity index (χ4v) is 3.19. The Bertz CT molecular complexity index is 502. The maximum absolute atomic E-state index is 8.20. The maximum atomic E-state index is 8.20. The molecule has 6 heteroatoms. The van der Waals surface area contributed by atoms with Gasteiger partial charge in [-0.1, -0.05) is 35.1 Å².